The zero-order chi connectivity index (χ0) is 12.6. The highest BCUT2D eigenvalue weighted by molar-refractivity contribution is 7.03. The number of carbonyl (C=O) groups is 1. The second kappa shape index (κ2) is 4.59. The first-order chi connectivity index (χ1) is 8.74. The van der Waals surface area contributed by atoms with Gasteiger partial charge in [-0.1, -0.05) is 10.9 Å². The van der Waals surface area contributed by atoms with Crippen LogP contribution in [-0.4, -0.2) is 40.7 Å². The summed E-state index contributed by atoms with van der Waals surface area (Å²) >= 11 is 1.37. The SMILES string of the molecule is COC(=O)[C@@]12CCC[C@H]1CN(Cc1csnn1)C2. The Labute approximate surface area is 110 Å². The van der Waals surface area contributed by atoms with Crippen molar-refractivity contribution in [3.63, 3.8) is 0 Å². The molecule has 2 fully saturated rings. The lowest BCUT2D eigenvalue weighted by Gasteiger charge is -2.25. The van der Waals surface area contributed by atoms with Crippen molar-refractivity contribution >= 4 is 17.5 Å². The van der Waals surface area contributed by atoms with Gasteiger partial charge in [-0.05, 0) is 30.3 Å². The lowest BCUT2D eigenvalue weighted by molar-refractivity contribution is -0.153. The molecule has 3 rings (SSSR count). The van der Waals surface area contributed by atoms with Crippen LogP contribution in [0.15, 0.2) is 5.38 Å². The van der Waals surface area contributed by atoms with Gasteiger partial charge in [0, 0.05) is 25.0 Å². The predicted octanol–water partition coefficient (Wildman–Crippen LogP) is 1.31. The van der Waals surface area contributed by atoms with Gasteiger partial charge in [-0.3, -0.25) is 9.69 Å². The molecule has 18 heavy (non-hydrogen) atoms. The lowest BCUT2D eigenvalue weighted by Crippen LogP contribution is -2.36. The standard InChI is InChI=1S/C12H17N3O2S/c1-17-11(16)12-4-2-3-9(12)5-15(8-12)6-10-7-18-14-13-10/h7,9H,2-6,8H2,1H3/t9-,12+/m0/s1. The van der Waals surface area contributed by atoms with E-state index in [9.17, 15) is 4.79 Å². The third-order valence-corrected chi connectivity index (χ3v) is 4.88. The number of fused-ring (bicyclic) bond motifs is 1. The first-order valence-corrected chi connectivity index (χ1v) is 7.15. The number of likely N-dealkylation sites (tertiary alicyclic amines) is 1. The van der Waals surface area contributed by atoms with Gasteiger partial charge in [-0.2, -0.15) is 0 Å². The van der Waals surface area contributed by atoms with Gasteiger partial charge in [0.05, 0.1) is 18.2 Å². The van der Waals surface area contributed by atoms with Crippen molar-refractivity contribution in [3.8, 4) is 0 Å². The minimum Gasteiger partial charge on any atom is -0.469 e. The zero-order valence-corrected chi connectivity index (χ0v) is 11.3. The van der Waals surface area contributed by atoms with E-state index in [1.807, 2.05) is 5.38 Å². The lowest BCUT2D eigenvalue weighted by atomic mass is 9.81. The number of hydrogen-bond acceptors (Lipinski definition) is 6. The monoisotopic (exact) mass is 267 g/mol. The van der Waals surface area contributed by atoms with E-state index in [1.165, 1.54) is 18.6 Å². The molecule has 0 radical (unpaired) electrons. The average molecular weight is 267 g/mol. The van der Waals surface area contributed by atoms with Crippen LogP contribution in [0.5, 0.6) is 0 Å². The molecule has 1 aromatic rings. The van der Waals surface area contributed by atoms with Crippen molar-refractivity contribution in [3.05, 3.63) is 11.1 Å². The third-order valence-electron chi connectivity index (χ3n) is 4.32. The van der Waals surface area contributed by atoms with Crippen molar-refractivity contribution in [2.24, 2.45) is 11.3 Å². The van der Waals surface area contributed by atoms with Crippen LogP contribution in [0, 0.1) is 11.3 Å². The van der Waals surface area contributed by atoms with E-state index in [-0.39, 0.29) is 11.4 Å². The molecule has 0 spiro atoms. The summed E-state index contributed by atoms with van der Waals surface area (Å²) in [5.74, 6) is 0.431. The number of aromatic nitrogens is 2. The number of nitrogens with zero attached hydrogens (tertiary/aromatic N) is 3. The summed E-state index contributed by atoms with van der Waals surface area (Å²) in [6.07, 6.45) is 3.25. The first-order valence-electron chi connectivity index (χ1n) is 6.31. The van der Waals surface area contributed by atoms with E-state index in [0.717, 1.165) is 44.6 Å². The number of methoxy groups -OCH3 is 1. The van der Waals surface area contributed by atoms with Crippen molar-refractivity contribution in [2.75, 3.05) is 20.2 Å². The molecule has 0 bridgehead atoms. The Morgan fingerprint density at radius 3 is 3.33 bits per heavy atom. The van der Waals surface area contributed by atoms with Crippen molar-refractivity contribution < 1.29 is 9.53 Å². The topological polar surface area (TPSA) is 55.3 Å². The summed E-state index contributed by atoms with van der Waals surface area (Å²) in [6, 6.07) is 0. The van der Waals surface area contributed by atoms with E-state index in [1.54, 1.807) is 0 Å². The van der Waals surface area contributed by atoms with Crippen LogP contribution >= 0.6 is 11.5 Å². The molecule has 0 N–H and O–H groups in total. The Bertz CT molecular complexity index is 437. The smallest absolute Gasteiger partial charge is 0.313 e. The Morgan fingerprint density at radius 1 is 1.72 bits per heavy atom. The zero-order valence-electron chi connectivity index (χ0n) is 10.5. The van der Waals surface area contributed by atoms with Gasteiger partial charge < -0.3 is 4.74 Å². The molecule has 1 saturated carbocycles. The van der Waals surface area contributed by atoms with Gasteiger partial charge >= 0.3 is 5.97 Å². The van der Waals surface area contributed by atoms with Crippen LogP contribution in [0.25, 0.3) is 0 Å². The maximum absolute atomic E-state index is 12.1. The van der Waals surface area contributed by atoms with Crippen molar-refractivity contribution in [1.29, 1.82) is 0 Å². The second-order valence-corrected chi connectivity index (χ2v) is 5.91. The third kappa shape index (κ3) is 1.83. The van der Waals surface area contributed by atoms with Crippen LogP contribution in [0.3, 0.4) is 0 Å². The number of rotatable bonds is 3. The fraction of sp³-hybridized carbons (Fsp3) is 0.750. The average Bonchev–Trinajstić information content (AvgIpc) is 3.03. The van der Waals surface area contributed by atoms with Crippen molar-refractivity contribution in [2.45, 2.75) is 25.8 Å². The van der Waals surface area contributed by atoms with E-state index in [2.05, 4.69) is 14.5 Å². The van der Waals surface area contributed by atoms with E-state index < -0.39 is 0 Å². The molecule has 0 amide bonds. The Morgan fingerprint density at radius 2 is 2.61 bits per heavy atom. The van der Waals surface area contributed by atoms with Gasteiger partial charge in [-0.15, -0.1) is 5.10 Å². The quantitative estimate of drug-likeness (QED) is 0.773. The van der Waals surface area contributed by atoms with Crippen LogP contribution in [0.4, 0.5) is 0 Å². The van der Waals surface area contributed by atoms with E-state index >= 15 is 0 Å². The fourth-order valence-corrected chi connectivity index (χ4v) is 3.98. The van der Waals surface area contributed by atoms with Gasteiger partial charge in [0.25, 0.3) is 0 Å². The molecule has 2 heterocycles. The first kappa shape index (κ1) is 12.0. The van der Waals surface area contributed by atoms with Gasteiger partial charge in [0.1, 0.15) is 0 Å². The summed E-state index contributed by atoms with van der Waals surface area (Å²) < 4.78 is 8.91. The van der Waals surface area contributed by atoms with Gasteiger partial charge in [-0.25, -0.2) is 0 Å². The van der Waals surface area contributed by atoms with E-state index in [0.29, 0.717) is 5.92 Å². The maximum Gasteiger partial charge on any atom is 0.313 e. The largest absolute Gasteiger partial charge is 0.469 e. The predicted molar refractivity (Wildman–Crippen MR) is 67.0 cm³/mol. The van der Waals surface area contributed by atoms with Gasteiger partial charge in [0.15, 0.2) is 0 Å². The Hall–Kier alpha value is -1.01. The second-order valence-electron chi connectivity index (χ2n) is 5.30. The highest BCUT2D eigenvalue weighted by Gasteiger charge is 2.55. The minimum absolute atomic E-state index is 0.0242. The van der Waals surface area contributed by atoms with Gasteiger partial charge in [0.2, 0.25) is 0 Å². The summed E-state index contributed by atoms with van der Waals surface area (Å²) in [5, 5.41) is 6.04. The molecule has 1 aromatic heterocycles. The summed E-state index contributed by atoms with van der Waals surface area (Å²) in [6.45, 7) is 2.58. The van der Waals surface area contributed by atoms with Crippen LogP contribution in [0.1, 0.15) is 25.0 Å². The molecule has 1 aliphatic heterocycles. The normalized spacial score (nSPS) is 31.5. The maximum atomic E-state index is 12.1. The molecule has 2 atom stereocenters. The summed E-state index contributed by atoms with van der Waals surface area (Å²) in [5.41, 5.74) is 0.748. The number of esters is 1. The molecule has 0 unspecified atom stereocenters. The van der Waals surface area contributed by atoms with E-state index in [4.69, 9.17) is 4.74 Å². The number of hydrogen-bond donors (Lipinski definition) is 0. The highest BCUT2D eigenvalue weighted by Crippen LogP contribution is 2.49. The van der Waals surface area contributed by atoms with Crippen LogP contribution in [-0.2, 0) is 16.1 Å². The van der Waals surface area contributed by atoms with Crippen molar-refractivity contribution in [1.82, 2.24) is 14.5 Å². The van der Waals surface area contributed by atoms with Crippen LogP contribution < -0.4 is 0 Å². The molecule has 0 aromatic carbocycles. The molecular weight excluding hydrogens is 250 g/mol. The summed E-state index contributed by atoms with van der Waals surface area (Å²) in [4.78, 5) is 14.4. The molecular formula is C12H17N3O2S. The summed E-state index contributed by atoms with van der Waals surface area (Å²) in [7, 11) is 1.50. The Balaban J connectivity index is 1.74. The Kier molecular flexibility index (Phi) is 3.07. The molecule has 1 saturated heterocycles. The number of carbonyl (C=O) groups excluding carboxylic acids is 1. The highest BCUT2D eigenvalue weighted by atomic mass is 32.1. The molecule has 98 valence electrons. The number of ether oxygens (including phenoxy) is 1. The molecule has 2 aliphatic rings. The molecule has 6 heteroatoms. The molecule has 1 aliphatic carbocycles. The minimum atomic E-state index is -0.252. The van der Waals surface area contributed by atoms with Crippen LogP contribution in [0.2, 0.25) is 0 Å². The fourth-order valence-electron chi connectivity index (χ4n) is 3.53. The molecule has 5 nitrogen and oxygen atoms in total.